The Morgan fingerprint density at radius 3 is 2.60 bits per heavy atom. The fourth-order valence-corrected chi connectivity index (χ4v) is 3.20. The number of phenolic OH excluding ortho intramolecular Hbond substituents is 1. The van der Waals surface area contributed by atoms with Crippen LogP contribution in [0.4, 0.5) is 0 Å². The Morgan fingerprint density at radius 1 is 1.40 bits per heavy atom. The minimum Gasteiger partial charge on any atom is -0.507 e. The molecule has 1 aromatic rings. The molecule has 1 aromatic carbocycles. The predicted molar refractivity (Wildman–Crippen MR) is 83.9 cm³/mol. The summed E-state index contributed by atoms with van der Waals surface area (Å²) < 4.78 is 0.780. The van der Waals surface area contributed by atoms with Gasteiger partial charge >= 0.3 is 0 Å². The van der Waals surface area contributed by atoms with E-state index in [1.807, 2.05) is 4.90 Å². The van der Waals surface area contributed by atoms with E-state index in [1.165, 1.54) is 12.8 Å². The van der Waals surface area contributed by atoms with Crippen LogP contribution in [-0.2, 0) is 0 Å². The lowest BCUT2D eigenvalue weighted by molar-refractivity contribution is 0.0652. The molecule has 20 heavy (non-hydrogen) atoms. The van der Waals surface area contributed by atoms with Crippen LogP contribution in [0.15, 0.2) is 22.7 Å². The summed E-state index contributed by atoms with van der Waals surface area (Å²) in [4.78, 5) is 14.7. The first kappa shape index (κ1) is 15.4. The Morgan fingerprint density at radius 2 is 2.05 bits per heavy atom. The molecule has 1 fully saturated rings. The van der Waals surface area contributed by atoms with E-state index in [4.69, 9.17) is 0 Å². The molecule has 1 saturated carbocycles. The maximum absolute atomic E-state index is 12.8. The van der Waals surface area contributed by atoms with Gasteiger partial charge < -0.3 is 10.0 Å². The molecule has 1 aliphatic rings. The molecule has 110 valence electrons. The molecule has 4 heteroatoms. The first-order chi connectivity index (χ1) is 9.49. The lowest BCUT2D eigenvalue weighted by atomic mass is 10.1. The van der Waals surface area contributed by atoms with E-state index in [0.717, 1.165) is 23.9 Å². The summed E-state index contributed by atoms with van der Waals surface area (Å²) >= 11 is 3.30. The highest BCUT2D eigenvalue weighted by molar-refractivity contribution is 9.10. The quantitative estimate of drug-likeness (QED) is 0.893. The molecule has 1 N–H and O–H groups in total. The van der Waals surface area contributed by atoms with Crippen LogP contribution in [0.1, 0.15) is 49.9 Å². The molecular weight excluding hydrogens is 318 g/mol. The molecule has 0 unspecified atom stereocenters. The van der Waals surface area contributed by atoms with Crippen LogP contribution in [0.2, 0.25) is 0 Å². The third kappa shape index (κ3) is 3.54. The Bertz CT molecular complexity index is 481. The van der Waals surface area contributed by atoms with Gasteiger partial charge in [-0.1, -0.05) is 42.6 Å². The highest BCUT2D eigenvalue weighted by atomic mass is 79.9. The maximum atomic E-state index is 12.8. The average Bonchev–Trinajstić information content (AvgIpc) is 2.88. The van der Waals surface area contributed by atoms with Gasteiger partial charge in [-0.3, -0.25) is 4.79 Å². The summed E-state index contributed by atoms with van der Waals surface area (Å²) in [5.41, 5.74) is 0.403. The van der Waals surface area contributed by atoms with Crippen molar-refractivity contribution in [1.29, 1.82) is 0 Å². The second-order valence-corrected chi connectivity index (χ2v) is 6.87. The SMILES string of the molecule is CC(C)CN(C(=O)c1ccc(Br)cc1O)C1CCCC1. The van der Waals surface area contributed by atoms with Crippen LogP contribution < -0.4 is 0 Å². The van der Waals surface area contributed by atoms with Crippen molar-refractivity contribution >= 4 is 21.8 Å². The van der Waals surface area contributed by atoms with E-state index in [-0.39, 0.29) is 11.7 Å². The van der Waals surface area contributed by atoms with Gasteiger partial charge in [0.05, 0.1) is 5.56 Å². The van der Waals surface area contributed by atoms with Gasteiger partial charge in [-0.15, -0.1) is 0 Å². The Labute approximate surface area is 129 Å². The van der Waals surface area contributed by atoms with Crippen molar-refractivity contribution in [2.75, 3.05) is 6.54 Å². The first-order valence-corrected chi connectivity index (χ1v) is 8.08. The standard InChI is InChI=1S/C16H22BrNO2/c1-11(2)10-18(13-5-3-4-6-13)16(20)14-8-7-12(17)9-15(14)19/h7-9,11,13,19H,3-6,10H2,1-2H3. The number of hydrogen-bond acceptors (Lipinski definition) is 2. The van der Waals surface area contributed by atoms with Crippen molar-refractivity contribution in [3.63, 3.8) is 0 Å². The molecule has 0 bridgehead atoms. The lowest BCUT2D eigenvalue weighted by Gasteiger charge is -2.31. The van der Waals surface area contributed by atoms with Crippen molar-refractivity contribution in [1.82, 2.24) is 4.90 Å². The smallest absolute Gasteiger partial charge is 0.257 e. The second-order valence-electron chi connectivity index (χ2n) is 5.95. The summed E-state index contributed by atoms with van der Waals surface area (Å²) in [6, 6.07) is 5.40. The predicted octanol–water partition coefficient (Wildman–Crippen LogP) is 4.20. The maximum Gasteiger partial charge on any atom is 0.257 e. The van der Waals surface area contributed by atoms with Gasteiger partial charge in [-0.05, 0) is 37.0 Å². The van der Waals surface area contributed by atoms with Crippen LogP contribution in [0, 0.1) is 5.92 Å². The molecular formula is C16H22BrNO2. The molecule has 0 heterocycles. The third-order valence-electron chi connectivity index (χ3n) is 3.78. The Kier molecular flexibility index (Phi) is 5.08. The fraction of sp³-hybridized carbons (Fsp3) is 0.562. The molecule has 0 radical (unpaired) electrons. The van der Waals surface area contributed by atoms with Crippen LogP contribution >= 0.6 is 15.9 Å². The minimum absolute atomic E-state index is 0.0457. The first-order valence-electron chi connectivity index (χ1n) is 7.28. The van der Waals surface area contributed by atoms with Crippen molar-refractivity contribution < 1.29 is 9.90 Å². The molecule has 1 amide bonds. The summed E-state index contributed by atoms with van der Waals surface area (Å²) in [7, 11) is 0. The van der Waals surface area contributed by atoms with E-state index in [0.29, 0.717) is 17.5 Å². The highest BCUT2D eigenvalue weighted by Gasteiger charge is 2.29. The van der Waals surface area contributed by atoms with Gasteiger partial charge in [0.25, 0.3) is 5.91 Å². The van der Waals surface area contributed by atoms with Gasteiger partial charge in [-0.25, -0.2) is 0 Å². The Hall–Kier alpha value is -1.03. The lowest BCUT2D eigenvalue weighted by Crippen LogP contribution is -2.41. The van der Waals surface area contributed by atoms with E-state index < -0.39 is 0 Å². The summed E-state index contributed by atoms with van der Waals surface area (Å²) in [6.07, 6.45) is 4.54. The number of nitrogens with zero attached hydrogens (tertiary/aromatic N) is 1. The number of halogens is 1. The van der Waals surface area contributed by atoms with Crippen LogP contribution in [0.5, 0.6) is 5.75 Å². The van der Waals surface area contributed by atoms with Gasteiger partial charge in [-0.2, -0.15) is 0 Å². The summed E-state index contributed by atoms with van der Waals surface area (Å²) in [5.74, 6) is 0.434. The Balaban J connectivity index is 2.24. The van der Waals surface area contributed by atoms with E-state index in [9.17, 15) is 9.90 Å². The van der Waals surface area contributed by atoms with E-state index in [1.54, 1.807) is 18.2 Å². The van der Waals surface area contributed by atoms with Crippen LogP contribution in [-0.4, -0.2) is 28.5 Å². The number of carbonyl (C=O) groups excluding carboxylic acids is 1. The monoisotopic (exact) mass is 339 g/mol. The van der Waals surface area contributed by atoms with Crippen molar-refractivity contribution in [2.24, 2.45) is 5.92 Å². The molecule has 0 atom stereocenters. The zero-order chi connectivity index (χ0) is 14.7. The van der Waals surface area contributed by atoms with Crippen molar-refractivity contribution in [2.45, 2.75) is 45.6 Å². The van der Waals surface area contributed by atoms with Crippen molar-refractivity contribution in [3.05, 3.63) is 28.2 Å². The van der Waals surface area contributed by atoms with Crippen molar-refractivity contribution in [3.8, 4) is 5.75 Å². The molecule has 0 spiro atoms. The number of carbonyl (C=O) groups is 1. The number of hydrogen-bond donors (Lipinski definition) is 1. The van der Waals surface area contributed by atoms with Gasteiger partial charge in [0, 0.05) is 17.1 Å². The zero-order valence-corrected chi connectivity index (χ0v) is 13.7. The van der Waals surface area contributed by atoms with Crippen LogP contribution in [0.25, 0.3) is 0 Å². The molecule has 2 rings (SSSR count). The average molecular weight is 340 g/mol. The highest BCUT2D eigenvalue weighted by Crippen LogP contribution is 2.29. The molecule has 0 aromatic heterocycles. The van der Waals surface area contributed by atoms with Crippen LogP contribution in [0.3, 0.4) is 0 Å². The second kappa shape index (κ2) is 6.61. The number of rotatable bonds is 4. The van der Waals surface area contributed by atoms with Gasteiger partial charge in [0.2, 0.25) is 0 Å². The molecule has 0 saturated heterocycles. The molecule has 1 aliphatic carbocycles. The van der Waals surface area contributed by atoms with E-state index in [2.05, 4.69) is 29.8 Å². The largest absolute Gasteiger partial charge is 0.507 e. The molecule has 0 aliphatic heterocycles. The number of benzene rings is 1. The number of phenols is 1. The summed E-state index contributed by atoms with van der Waals surface area (Å²) in [6.45, 7) is 4.99. The topological polar surface area (TPSA) is 40.5 Å². The normalized spacial score (nSPS) is 15.8. The molecule has 3 nitrogen and oxygen atoms in total. The third-order valence-corrected chi connectivity index (χ3v) is 4.27. The number of aromatic hydroxyl groups is 1. The van der Waals surface area contributed by atoms with E-state index >= 15 is 0 Å². The number of amides is 1. The minimum atomic E-state index is -0.0457. The fourth-order valence-electron chi connectivity index (χ4n) is 2.85. The zero-order valence-electron chi connectivity index (χ0n) is 12.1. The summed E-state index contributed by atoms with van der Waals surface area (Å²) in [5, 5.41) is 10.0. The van der Waals surface area contributed by atoms with Gasteiger partial charge in [0.15, 0.2) is 0 Å². The van der Waals surface area contributed by atoms with Gasteiger partial charge in [0.1, 0.15) is 5.75 Å².